The average Bonchev–Trinajstić information content (AvgIpc) is 2.35. The Morgan fingerprint density at radius 2 is 1.78 bits per heavy atom. The summed E-state index contributed by atoms with van der Waals surface area (Å²) in [7, 11) is 0. The Kier molecular flexibility index (Phi) is 4.00. The van der Waals surface area contributed by atoms with Crippen molar-refractivity contribution in [2.24, 2.45) is 0 Å². The quantitative estimate of drug-likeness (QED) is 0.879. The van der Waals surface area contributed by atoms with E-state index < -0.39 is 0 Å². The van der Waals surface area contributed by atoms with Crippen molar-refractivity contribution < 1.29 is 9.84 Å². The zero-order chi connectivity index (χ0) is 13.1. The third kappa shape index (κ3) is 2.55. The molecule has 4 heteroatoms. The molecule has 0 saturated carbocycles. The van der Waals surface area contributed by atoms with Gasteiger partial charge in [0.05, 0.1) is 16.7 Å². The molecule has 0 spiro atoms. The first-order valence-corrected chi connectivity index (χ1v) is 6.29. The molecule has 94 valence electrons. The van der Waals surface area contributed by atoms with Crippen LogP contribution in [0.4, 0.5) is 0 Å². The number of rotatable bonds is 3. The molecule has 2 aromatic carbocycles. The number of hydrogen-bond donors (Lipinski definition) is 1. The van der Waals surface area contributed by atoms with Gasteiger partial charge >= 0.3 is 0 Å². The van der Waals surface area contributed by atoms with Gasteiger partial charge in [-0.3, -0.25) is 0 Å². The van der Waals surface area contributed by atoms with Crippen molar-refractivity contribution in [1.29, 1.82) is 0 Å². The number of hydrogen-bond acceptors (Lipinski definition) is 2. The fourth-order valence-corrected chi connectivity index (χ4v) is 2.14. The van der Waals surface area contributed by atoms with Crippen molar-refractivity contribution in [2.75, 3.05) is 6.61 Å². The molecule has 0 radical (unpaired) electrons. The summed E-state index contributed by atoms with van der Waals surface area (Å²) in [6.45, 7) is 2.49. The van der Waals surface area contributed by atoms with Gasteiger partial charge in [0.1, 0.15) is 11.5 Å². The maximum absolute atomic E-state index is 9.50. The molecule has 2 aromatic rings. The van der Waals surface area contributed by atoms with E-state index in [1.54, 1.807) is 6.07 Å². The van der Waals surface area contributed by atoms with E-state index in [0.29, 0.717) is 11.6 Å². The molecular formula is C14H12Cl2O2. The Hall–Kier alpha value is -1.38. The standard InChI is InChI=1S/C14H12Cl2O2/c1-2-18-14-6-4-3-5-9(14)10-7-12(16)13(17)8-11(10)15/h3-8,17H,2H2,1H3. The Morgan fingerprint density at radius 1 is 1.06 bits per heavy atom. The summed E-state index contributed by atoms with van der Waals surface area (Å²) in [5, 5.41) is 10.2. The van der Waals surface area contributed by atoms with Gasteiger partial charge in [0, 0.05) is 17.2 Å². The molecule has 1 N–H and O–H groups in total. The van der Waals surface area contributed by atoms with Gasteiger partial charge in [0.15, 0.2) is 0 Å². The molecule has 0 heterocycles. The third-order valence-electron chi connectivity index (χ3n) is 2.51. The first kappa shape index (κ1) is 13.1. The van der Waals surface area contributed by atoms with Gasteiger partial charge in [-0.2, -0.15) is 0 Å². The molecule has 18 heavy (non-hydrogen) atoms. The summed E-state index contributed by atoms with van der Waals surface area (Å²) in [5.41, 5.74) is 1.59. The van der Waals surface area contributed by atoms with Crippen molar-refractivity contribution in [1.82, 2.24) is 0 Å². The van der Waals surface area contributed by atoms with Crippen molar-refractivity contribution >= 4 is 23.2 Å². The van der Waals surface area contributed by atoms with Gasteiger partial charge in [-0.25, -0.2) is 0 Å². The lowest BCUT2D eigenvalue weighted by Gasteiger charge is -2.12. The number of halogens is 2. The molecule has 0 fully saturated rings. The highest BCUT2D eigenvalue weighted by Gasteiger charge is 2.12. The molecule has 0 atom stereocenters. The van der Waals surface area contributed by atoms with Gasteiger partial charge in [-0.05, 0) is 19.1 Å². The van der Waals surface area contributed by atoms with Crippen LogP contribution in [-0.4, -0.2) is 11.7 Å². The van der Waals surface area contributed by atoms with Crippen LogP contribution in [-0.2, 0) is 0 Å². The van der Waals surface area contributed by atoms with Crippen LogP contribution in [0.3, 0.4) is 0 Å². The lowest BCUT2D eigenvalue weighted by atomic mass is 10.0. The lowest BCUT2D eigenvalue weighted by molar-refractivity contribution is 0.341. The Labute approximate surface area is 116 Å². The Bertz CT molecular complexity index is 568. The molecule has 0 unspecified atom stereocenters. The van der Waals surface area contributed by atoms with Gasteiger partial charge in [-0.15, -0.1) is 0 Å². The van der Waals surface area contributed by atoms with E-state index in [1.165, 1.54) is 6.07 Å². The summed E-state index contributed by atoms with van der Waals surface area (Å²) in [6, 6.07) is 10.6. The molecule has 0 aliphatic heterocycles. The second kappa shape index (κ2) is 5.51. The number of ether oxygens (including phenoxy) is 1. The van der Waals surface area contributed by atoms with Crippen LogP contribution in [0.1, 0.15) is 6.92 Å². The smallest absolute Gasteiger partial charge is 0.135 e. The highest BCUT2D eigenvalue weighted by Crippen LogP contribution is 2.39. The minimum absolute atomic E-state index is 0.0284. The van der Waals surface area contributed by atoms with Gasteiger partial charge in [0.25, 0.3) is 0 Å². The minimum atomic E-state index is -0.0284. The number of phenols is 1. The van der Waals surface area contributed by atoms with Crippen molar-refractivity contribution in [3.05, 3.63) is 46.4 Å². The minimum Gasteiger partial charge on any atom is -0.506 e. The average molecular weight is 283 g/mol. The fraction of sp³-hybridized carbons (Fsp3) is 0.143. The molecule has 2 rings (SSSR count). The number of aromatic hydroxyl groups is 1. The maximum atomic E-state index is 9.50. The molecule has 0 aromatic heterocycles. The van der Waals surface area contributed by atoms with Crippen molar-refractivity contribution in [2.45, 2.75) is 6.92 Å². The number of phenolic OH excluding ortho intramolecular Hbond substituents is 1. The lowest BCUT2D eigenvalue weighted by Crippen LogP contribution is -1.94. The third-order valence-corrected chi connectivity index (χ3v) is 3.13. The van der Waals surface area contributed by atoms with Crippen LogP contribution in [0.2, 0.25) is 10.0 Å². The summed E-state index contributed by atoms with van der Waals surface area (Å²) >= 11 is 12.0. The Morgan fingerprint density at radius 3 is 2.50 bits per heavy atom. The highest BCUT2D eigenvalue weighted by molar-refractivity contribution is 6.36. The SMILES string of the molecule is CCOc1ccccc1-c1cc(Cl)c(O)cc1Cl. The van der Waals surface area contributed by atoms with Crippen LogP contribution < -0.4 is 4.74 Å². The zero-order valence-electron chi connectivity index (χ0n) is 9.78. The van der Waals surface area contributed by atoms with Crippen LogP contribution in [0.5, 0.6) is 11.5 Å². The highest BCUT2D eigenvalue weighted by atomic mass is 35.5. The van der Waals surface area contributed by atoms with Gasteiger partial charge in [0.2, 0.25) is 0 Å². The first-order chi connectivity index (χ1) is 8.63. The fourth-order valence-electron chi connectivity index (χ4n) is 1.71. The molecular weight excluding hydrogens is 271 g/mol. The molecule has 0 amide bonds. The largest absolute Gasteiger partial charge is 0.506 e. The van der Waals surface area contributed by atoms with E-state index in [9.17, 15) is 5.11 Å². The molecule has 0 saturated heterocycles. The molecule has 0 aliphatic rings. The summed E-state index contributed by atoms with van der Waals surface area (Å²) in [6.07, 6.45) is 0. The summed E-state index contributed by atoms with van der Waals surface area (Å²) in [4.78, 5) is 0. The van der Waals surface area contributed by atoms with Gasteiger partial charge < -0.3 is 9.84 Å². The summed E-state index contributed by atoms with van der Waals surface area (Å²) in [5.74, 6) is 0.711. The van der Waals surface area contributed by atoms with E-state index >= 15 is 0 Å². The number of para-hydroxylation sites is 1. The van der Waals surface area contributed by atoms with E-state index in [0.717, 1.165) is 16.9 Å². The van der Waals surface area contributed by atoms with E-state index in [-0.39, 0.29) is 10.8 Å². The first-order valence-electron chi connectivity index (χ1n) is 5.53. The molecule has 2 nitrogen and oxygen atoms in total. The topological polar surface area (TPSA) is 29.5 Å². The monoisotopic (exact) mass is 282 g/mol. The van der Waals surface area contributed by atoms with Crippen LogP contribution in [0, 0.1) is 0 Å². The predicted molar refractivity (Wildman–Crippen MR) is 74.7 cm³/mol. The van der Waals surface area contributed by atoms with E-state index in [4.69, 9.17) is 27.9 Å². The molecule has 0 bridgehead atoms. The van der Waals surface area contributed by atoms with Crippen molar-refractivity contribution in [3.63, 3.8) is 0 Å². The van der Waals surface area contributed by atoms with Crippen LogP contribution >= 0.6 is 23.2 Å². The second-order valence-corrected chi connectivity index (χ2v) is 4.53. The van der Waals surface area contributed by atoms with Gasteiger partial charge in [-0.1, -0.05) is 41.4 Å². The maximum Gasteiger partial charge on any atom is 0.135 e. The summed E-state index contributed by atoms with van der Waals surface area (Å²) < 4.78 is 5.55. The van der Waals surface area contributed by atoms with Crippen LogP contribution in [0.15, 0.2) is 36.4 Å². The van der Waals surface area contributed by atoms with Crippen LogP contribution in [0.25, 0.3) is 11.1 Å². The Balaban J connectivity index is 2.58. The molecule has 0 aliphatic carbocycles. The predicted octanol–water partition coefficient (Wildman–Crippen LogP) is 4.76. The second-order valence-electron chi connectivity index (χ2n) is 3.71. The van der Waals surface area contributed by atoms with E-state index in [2.05, 4.69) is 0 Å². The number of benzene rings is 2. The normalized spacial score (nSPS) is 10.4. The van der Waals surface area contributed by atoms with E-state index in [1.807, 2.05) is 31.2 Å². The zero-order valence-corrected chi connectivity index (χ0v) is 11.3. The van der Waals surface area contributed by atoms with Crippen molar-refractivity contribution in [3.8, 4) is 22.6 Å².